The highest BCUT2D eigenvalue weighted by molar-refractivity contribution is 7.98. The Morgan fingerprint density at radius 1 is 1.33 bits per heavy atom. The highest BCUT2D eigenvalue weighted by Gasteiger charge is 2.23. The van der Waals surface area contributed by atoms with Crippen molar-refractivity contribution < 1.29 is 4.79 Å². The van der Waals surface area contributed by atoms with Gasteiger partial charge in [-0.25, -0.2) is 9.48 Å². The minimum atomic E-state index is -0.563. The molecule has 0 saturated heterocycles. The lowest BCUT2D eigenvalue weighted by atomic mass is 10.2. The van der Waals surface area contributed by atoms with E-state index in [1.165, 1.54) is 0 Å². The van der Waals surface area contributed by atoms with Crippen molar-refractivity contribution in [3.05, 3.63) is 41.6 Å². The van der Waals surface area contributed by atoms with Crippen molar-refractivity contribution >= 4 is 23.6 Å². The summed E-state index contributed by atoms with van der Waals surface area (Å²) < 4.78 is 1.75. The molecular weight excluding hydrogens is 248 g/mol. The number of anilines is 1. The number of benzene rings is 1. The standard InChI is InChI=1S/C12H12N4OS/c13-12(17)14-11-9-6-18-7-10(9)15-16(11)8-4-2-1-3-5-8/h1-5H,6-7H2,(H3,13,14,17). The normalized spacial score (nSPS) is 13.3. The average Bonchev–Trinajstić information content (AvgIpc) is 2.93. The number of nitrogens with zero attached hydrogens (tertiary/aromatic N) is 2. The van der Waals surface area contributed by atoms with Crippen LogP contribution in [-0.4, -0.2) is 15.8 Å². The lowest BCUT2D eigenvalue weighted by molar-refractivity contribution is 0.259. The number of aromatic nitrogens is 2. The van der Waals surface area contributed by atoms with E-state index in [2.05, 4.69) is 10.4 Å². The first-order chi connectivity index (χ1) is 8.75. The molecule has 92 valence electrons. The van der Waals surface area contributed by atoms with Gasteiger partial charge in [0.2, 0.25) is 0 Å². The maximum Gasteiger partial charge on any atom is 0.317 e. The van der Waals surface area contributed by atoms with Crippen molar-refractivity contribution in [2.75, 3.05) is 5.32 Å². The fourth-order valence-electron chi connectivity index (χ4n) is 2.01. The highest BCUT2D eigenvalue weighted by Crippen LogP contribution is 2.35. The lowest BCUT2D eigenvalue weighted by Gasteiger charge is -2.08. The fraction of sp³-hybridized carbons (Fsp3) is 0.167. The number of thioether (sulfide) groups is 1. The van der Waals surface area contributed by atoms with Crippen molar-refractivity contribution in [3.63, 3.8) is 0 Å². The summed E-state index contributed by atoms with van der Waals surface area (Å²) in [5, 5.41) is 7.22. The Bertz CT molecular complexity index is 594. The summed E-state index contributed by atoms with van der Waals surface area (Å²) in [5.74, 6) is 2.43. The highest BCUT2D eigenvalue weighted by atomic mass is 32.2. The molecule has 3 N–H and O–H groups in total. The predicted molar refractivity (Wildman–Crippen MR) is 71.8 cm³/mol. The molecule has 18 heavy (non-hydrogen) atoms. The summed E-state index contributed by atoms with van der Waals surface area (Å²) >= 11 is 1.79. The third-order valence-corrected chi connectivity index (χ3v) is 3.76. The van der Waals surface area contributed by atoms with Crippen LogP contribution in [0.5, 0.6) is 0 Å². The molecule has 0 saturated carbocycles. The molecule has 6 heteroatoms. The molecule has 1 aromatic heterocycles. The Morgan fingerprint density at radius 2 is 2.11 bits per heavy atom. The van der Waals surface area contributed by atoms with E-state index in [0.29, 0.717) is 5.82 Å². The van der Waals surface area contributed by atoms with Gasteiger partial charge in [0.25, 0.3) is 0 Å². The molecule has 1 aliphatic rings. The number of para-hydroxylation sites is 1. The maximum absolute atomic E-state index is 11.1. The zero-order valence-electron chi connectivity index (χ0n) is 9.59. The molecule has 0 atom stereocenters. The zero-order valence-corrected chi connectivity index (χ0v) is 10.4. The van der Waals surface area contributed by atoms with Gasteiger partial charge in [0, 0.05) is 17.1 Å². The van der Waals surface area contributed by atoms with Crippen molar-refractivity contribution in [1.29, 1.82) is 0 Å². The predicted octanol–water partition coefficient (Wildman–Crippen LogP) is 2.11. The van der Waals surface area contributed by atoms with Crippen molar-refractivity contribution in [3.8, 4) is 5.69 Å². The van der Waals surface area contributed by atoms with Crippen molar-refractivity contribution in [2.45, 2.75) is 11.5 Å². The number of carbonyl (C=O) groups excluding carboxylic acids is 1. The molecule has 0 unspecified atom stereocenters. The minimum absolute atomic E-state index is 0.563. The van der Waals surface area contributed by atoms with Gasteiger partial charge in [0.1, 0.15) is 5.82 Å². The number of hydrogen-bond acceptors (Lipinski definition) is 3. The summed E-state index contributed by atoms with van der Waals surface area (Å²) in [6, 6.07) is 9.14. The third-order valence-electron chi connectivity index (χ3n) is 2.79. The molecule has 2 amide bonds. The summed E-state index contributed by atoms with van der Waals surface area (Å²) in [6.07, 6.45) is 0. The molecule has 0 bridgehead atoms. The van der Waals surface area contributed by atoms with Crippen molar-refractivity contribution in [1.82, 2.24) is 9.78 Å². The lowest BCUT2D eigenvalue weighted by Crippen LogP contribution is -2.22. The van der Waals surface area contributed by atoms with Crippen LogP contribution < -0.4 is 11.1 Å². The van der Waals surface area contributed by atoms with Gasteiger partial charge >= 0.3 is 6.03 Å². The number of rotatable bonds is 2. The van der Waals surface area contributed by atoms with Gasteiger partial charge in [-0.3, -0.25) is 5.32 Å². The SMILES string of the molecule is NC(=O)Nc1c2c(nn1-c1ccccc1)CSC2. The number of hydrogen-bond donors (Lipinski definition) is 2. The first-order valence-corrected chi connectivity index (χ1v) is 6.71. The smallest absolute Gasteiger partial charge is 0.317 e. The van der Waals surface area contributed by atoms with Crippen LogP contribution in [0.3, 0.4) is 0 Å². The van der Waals surface area contributed by atoms with Crippen LogP contribution >= 0.6 is 11.8 Å². The second kappa shape index (κ2) is 4.38. The van der Waals surface area contributed by atoms with Gasteiger partial charge in [0.05, 0.1) is 11.4 Å². The van der Waals surface area contributed by atoms with Crippen LogP contribution in [0.25, 0.3) is 5.69 Å². The van der Waals surface area contributed by atoms with Crippen LogP contribution in [0, 0.1) is 0 Å². The van der Waals surface area contributed by atoms with E-state index in [1.54, 1.807) is 16.4 Å². The summed E-state index contributed by atoms with van der Waals surface area (Å²) in [7, 11) is 0. The van der Waals surface area contributed by atoms with E-state index >= 15 is 0 Å². The molecule has 2 aromatic rings. The molecule has 0 radical (unpaired) electrons. The summed E-state index contributed by atoms with van der Waals surface area (Å²) in [5.41, 5.74) is 8.24. The second-order valence-electron chi connectivity index (χ2n) is 4.00. The first-order valence-electron chi connectivity index (χ1n) is 5.56. The second-order valence-corrected chi connectivity index (χ2v) is 4.99. The molecule has 5 nitrogen and oxygen atoms in total. The van der Waals surface area contributed by atoms with Crippen LogP contribution in [0.15, 0.2) is 30.3 Å². The van der Waals surface area contributed by atoms with E-state index in [1.807, 2.05) is 30.3 Å². The number of carbonyl (C=O) groups is 1. The molecule has 3 rings (SSSR count). The minimum Gasteiger partial charge on any atom is -0.351 e. The van der Waals surface area contributed by atoms with Gasteiger partial charge in [-0.2, -0.15) is 16.9 Å². The quantitative estimate of drug-likeness (QED) is 0.868. The number of nitrogens with one attached hydrogen (secondary N) is 1. The fourth-order valence-corrected chi connectivity index (χ4v) is 3.05. The Morgan fingerprint density at radius 3 is 2.83 bits per heavy atom. The molecule has 0 fully saturated rings. The number of amides is 2. The third kappa shape index (κ3) is 1.84. The topological polar surface area (TPSA) is 72.9 Å². The summed E-state index contributed by atoms with van der Waals surface area (Å²) in [6.45, 7) is 0. The Kier molecular flexibility index (Phi) is 2.71. The van der Waals surface area contributed by atoms with Gasteiger partial charge in [0.15, 0.2) is 0 Å². The Hall–Kier alpha value is -1.95. The van der Waals surface area contributed by atoms with Gasteiger partial charge < -0.3 is 5.73 Å². The van der Waals surface area contributed by atoms with E-state index < -0.39 is 6.03 Å². The number of primary amides is 1. The first kappa shape index (κ1) is 11.2. The Labute approximate surface area is 108 Å². The monoisotopic (exact) mass is 260 g/mol. The van der Waals surface area contributed by atoms with Crippen LogP contribution in [0.2, 0.25) is 0 Å². The summed E-state index contributed by atoms with van der Waals surface area (Å²) in [4.78, 5) is 11.1. The molecule has 1 aromatic carbocycles. The van der Waals surface area contributed by atoms with Gasteiger partial charge in [-0.15, -0.1) is 0 Å². The van der Waals surface area contributed by atoms with Gasteiger partial charge in [-0.05, 0) is 12.1 Å². The Balaban J connectivity index is 2.12. The molecule has 2 heterocycles. The zero-order chi connectivity index (χ0) is 12.5. The maximum atomic E-state index is 11.1. The average molecular weight is 260 g/mol. The van der Waals surface area contributed by atoms with E-state index in [0.717, 1.165) is 28.5 Å². The van der Waals surface area contributed by atoms with Crippen LogP contribution in [-0.2, 0) is 11.5 Å². The number of nitrogens with two attached hydrogens (primary N) is 1. The molecular formula is C12H12N4OS. The number of fused-ring (bicyclic) bond motifs is 1. The van der Waals surface area contributed by atoms with E-state index in [9.17, 15) is 4.79 Å². The number of urea groups is 1. The van der Waals surface area contributed by atoms with Crippen molar-refractivity contribution in [2.24, 2.45) is 5.73 Å². The largest absolute Gasteiger partial charge is 0.351 e. The van der Waals surface area contributed by atoms with Gasteiger partial charge in [-0.1, -0.05) is 18.2 Å². The van der Waals surface area contributed by atoms with E-state index in [-0.39, 0.29) is 0 Å². The molecule has 0 spiro atoms. The van der Waals surface area contributed by atoms with E-state index in [4.69, 9.17) is 5.73 Å². The molecule has 0 aliphatic carbocycles. The van der Waals surface area contributed by atoms with Crippen LogP contribution in [0.4, 0.5) is 10.6 Å². The molecule has 1 aliphatic heterocycles. The van der Waals surface area contributed by atoms with Crippen LogP contribution in [0.1, 0.15) is 11.3 Å².